The molecule has 3 N–H and O–H groups in total. The quantitative estimate of drug-likeness (QED) is 0.688. The van der Waals surface area contributed by atoms with Gasteiger partial charge >= 0.3 is 0 Å². The molecule has 0 bridgehead atoms. The number of aliphatic hydroxyl groups excluding tert-OH is 1. The Labute approximate surface area is 125 Å². The smallest absolute Gasteiger partial charge is 0.239 e. The highest BCUT2D eigenvalue weighted by molar-refractivity contribution is 5.81. The maximum Gasteiger partial charge on any atom is 0.239 e. The van der Waals surface area contributed by atoms with Crippen molar-refractivity contribution in [1.82, 2.24) is 4.90 Å². The molecule has 1 atom stereocenters. The molecule has 1 aromatic rings. The summed E-state index contributed by atoms with van der Waals surface area (Å²) in [4.78, 5) is 13.9. The minimum atomic E-state index is -0.633. The van der Waals surface area contributed by atoms with Gasteiger partial charge in [0.15, 0.2) is 0 Å². The summed E-state index contributed by atoms with van der Waals surface area (Å²) in [5, 5.41) is 9.16. The summed E-state index contributed by atoms with van der Waals surface area (Å²) in [6.07, 6.45) is 0.448. The molecule has 0 aromatic heterocycles. The second-order valence-corrected chi connectivity index (χ2v) is 4.68. The summed E-state index contributed by atoms with van der Waals surface area (Å²) in [6.45, 7) is 0.897. The Morgan fingerprint density at radius 3 is 2.71 bits per heavy atom. The highest BCUT2D eigenvalue weighted by Crippen LogP contribution is 2.19. The zero-order valence-corrected chi connectivity index (χ0v) is 12.6. The van der Waals surface area contributed by atoms with Crippen LogP contribution in [0.1, 0.15) is 12.0 Å². The first kappa shape index (κ1) is 17.4. The number of methoxy groups -OCH3 is 2. The van der Waals surface area contributed by atoms with Crippen molar-refractivity contribution in [2.24, 2.45) is 5.73 Å². The molecule has 6 nitrogen and oxygen atoms in total. The molecule has 0 spiro atoms. The first-order chi connectivity index (χ1) is 10.1. The van der Waals surface area contributed by atoms with Crippen LogP contribution in [0, 0.1) is 0 Å². The van der Waals surface area contributed by atoms with Crippen molar-refractivity contribution in [1.29, 1.82) is 0 Å². The van der Waals surface area contributed by atoms with Gasteiger partial charge in [0, 0.05) is 32.4 Å². The summed E-state index contributed by atoms with van der Waals surface area (Å²) in [5.41, 5.74) is 6.75. The van der Waals surface area contributed by atoms with Crippen molar-refractivity contribution in [2.45, 2.75) is 19.0 Å². The summed E-state index contributed by atoms with van der Waals surface area (Å²) in [5.74, 6) is 0.505. The van der Waals surface area contributed by atoms with Crippen LogP contribution in [-0.4, -0.2) is 55.9 Å². The van der Waals surface area contributed by atoms with Crippen LogP contribution >= 0.6 is 0 Å². The minimum absolute atomic E-state index is 0.113. The van der Waals surface area contributed by atoms with Crippen molar-refractivity contribution < 1.29 is 19.4 Å². The molecular weight excluding hydrogens is 272 g/mol. The monoisotopic (exact) mass is 296 g/mol. The molecule has 0 saturated heterocycles. The van der Waals surface area contributed by atoms with Gasteiger partial charge in [-0.1, -0.05) is 18.2 Å². The molecule has 1 amide bonds. The topological polar surface area (TPSA) is 85.0 Å². The Morgan fingerprint density at radius 2 is 2.10 bits per heavy atom. The van der Waals surface area contributed by atoms with Gasteiger partial charge in [-0.15, -0.1) is 0 Å². The lowest BCUT2D eigenvalue weighted by atomic mass is 10.1. The van der Waals surface area contributed by atoms with Crippen LogP contribution < -0.4 is 10.5 Å². The van der Waals surface area contributed by atoms with E-state index in [4.69, 9.17) is 20.3 Å². The number of hydrogen-bond acceptors (Lipinski definition) is 5. The van der Waals surface area contributed by atoms with E-state index in [1.54, 1.807) is 14.2 Å². The van der Waals surface area contributed by atoms with Crippen LogP contribution in [0.25, 0.3) is 0 Å². The summed E-state index contributed by atoms with van der Waals surface area (Å²) in [6, 6.07) is 6.83. The minimum Gasteiger partial charge on any atom is -0.496 e. The van der Waals surface area contributed by atoms with Gasteiger partial charge < -0.3 is 25.2 Å². The molecule has 21 heavy (non-hydrogen) atoms. The van der Waals surface area contributed by atoms with E-state index in [1.807, 2.05) is 24.3 Å². The predicted molar refractivity (Wildman–Crippen MR) is 80.0 cm³/mol. The fourth-order valence-electron chi connectivity index (χ4n) is 2.03. The number of nitrogens with zero attached hydrogens (tertiary/aromatic N) is 1. The zero-order chi connectivity index (χ0) is 15.7. The molecule has 0 aliphatic carbocycles. The molecule has 1 aromatic carbocycles. The molecule has 0 aliphatic rings. The van der Waals surface area contributed by atoms with E-state index >= 15 is 0 Å². The van der Waals surface area contributed by atoms with Crippen molar-refractivity contribution in [3.05, 3.63) is 29.8 Å². The van der Waals surface area contributed by atoms with Gasteiger partial charge in [0.05, 0.1) is 19.8 Å². The van der Waals surface area contributed by atoms with Crippen LogP contribution in [0.15, 0.2) is 24.3 Å². The molecule has 0 aliphatic heterocycles. The lowest BCUT2D eigenvalue weighted by Gasteiger charge is -2.25. The van der Waals surface area contributed by atoms with Gasteiger partial charge in [0.1, 0.15) is 5.75 Å². The van der Waals surface area contributed by atoms with E-state index in [1.165, 1.54) is 4.90 Å². The number of benzene rings is 1. The number of para-hydroxylation sites is 1. The van der Waals surface area contributed by atoms with Gasteiger partial charge in [-0.3, -0.25) is 4.79 Å². The van der Waals surface area contributed by atoms with Crippen molar-refractivity contribution in [3.8, 4) is 5.75 Å². The summed E-state index contributed by atoms with van der Waals surface area (Å²) < 4.78 is 10.2. The Morgan fingerprint density at radius 1 is 1.38 bits per heavy atom. The average molecular weight is 296 g/mol. The molecule has 0 saturated carbocycles. The second kappa shape index (κ2) is 9.33. The second-order valence-electron chi connectivity index (χ2n) is 4.68. The highest BCUT2D eigenvalue weighted by Gasteiger charge is 2.21. The average Bonchev–Trinajstić information content (AvgIpc) is 2.51. The van der Waals surface area contributed by atoms with Crippen LogP contribution in [0.5, 0.6) is 5.75 Å². The van der Waals surface area contributed by atoms with Gasteiger partial charge in [-0.05, 0) is 12.5 Å². The molecule has 0 heterocycles. The third kappa shape index (κ3) is 5.34. The van der Waals surface area contributed by atoms with Crippen LogP contribution in [0.3, 0.4) is 0 Å². The zero-order valence-electron chi connectivity index (χ0n) is 12.6. The standard InChI is InChI=1S/C15H24N2O4/c1-20-10-7-13(16)15(19)17(8-9-18)11-12-5-3-4-6-14(12)21-2/h3-6,13,18H,7-11,16H2,1-2H3. The summed E-state index contributed by atoms with van der Waals surface area (Å²) in [7, 11) is 3.15. The number of carbonyl (C=O) groups is 1. The Hall–Kier alpha value is -1.63. The first-order valence-electron chi connectivity index (χ1n) is 6.90. The van der Waals surface area contributed by atoms with Crippen LogP contribution in [-0.2, 0) is 16.1 Å². The van der Waals surface area contributed by atoms with Crippen LogP contribution in [0.2, 0.25) is 0 Å². The Kier molecular flexibility index (Phi) is 7.74. The molecule has 0 fully saturated rings. The van der Waals surface area contributed by atoms with Crippen molar-refractivity contribution >= 4 is 5.91 Å². The number of nitrogens with two attached hydrogens (primary N) is 1. The maximum atomic E-state index is 12.3. The third-order valence-corrected chi connectivity index (χ3v) is 3.19. The number of aliphatic hydroxyl groups is 1. The number of hydrogen-bond donors (Lipinski definition) is 2. The maximum absolute atomic E-state index is 12.3. The van der Waals surface area contributed by atoms with Gasteiger partial charge in [-0.2, -0.15) is 0 Å². The SMILES string of the molecule is COCCC(N)C(=O)N(CCO)Cc1ccccc1OC. The molecule has 0 radical (unpaired) electrons. The number of carbonyl (C=O) groups excluding carboxylic acids is 1. The van der Waals surface area contributed by atoms with E-state index in [-0.39, 0.29) is 19.1 Å². The number of rotatable bonds is 9. The van der Waals surface area contributed by atoms with Crippen molar-refractivity contribution in [2.75, 3.05) is 34.0 Å². The molecule has 118 valence electrons. The first-order valence-corrected chi connectivity index (χ1v) is 6.90. The molecule has 1 unspecified atom stereocenters. The van der Waals surface area contributed by atoms with E-state index < -0.39 is 6.04 Å². The number of ether oxygens (including phenoxy) is 2. The highest BCUT2D eigenvalue weighted by atomic mass is 16.5. The molecule has 1 rings (SSSR count). The number of amides is 1. The van der Waals surface area contributed by atoms with E-state index in [0.717, 1.165) is 5.56 Å². The molecule has 6 heteroatoms. The lowest BCUT2D eigenvalue weighted by Crippen LogP contribution is -2.45. The predicted octanol–water partition coefficient (Wildman–Crippen LogP) is 0.380. The lowest BCUT2D eigenvalue weighted by molar-refractivity contribution is -0.134. The van der Waals surface area contributed by atoms with Gasteiger partial charge in [0.25, 0.3) is 0 Å². The van der Waals surface area contributed by atoms with Crippen molar-refractivity contribution in [3.63, 3.8) is 0 Å². The third-order valence-electron chi connectivity index (χ3n) is 3.19. The van der Waals surface area contributed by atoms with Gasteiger partial charge in [0.2, 0.25) is 5.91 Å². The van der Waals surface area contributed by atoms with E-state index in [2.05, 4.69) is 0 Å². The Bertz CT molecular complexity index is 439. The normalized spacial score (nSPS) is 12.0. The van der Waals surface area contributed by atoms with Crippen LogP contribution in [0.4, 0.5) is 0 Å². The van der Waals surface area contributed by atoms with Gasteiger partial charge in [-0.25, -0.2) is 0 Å². The molecular formula is C15H24N2O4. The largest absolute Gasteiger partial charge is 0.496 e. The Balaban J connectivity index is 2.79. The fraction of sp³-hybridized carbons (Fsp3) is 0.533. The summed E-state index contributed by atoms with van der Waals surface area (Å²) >= 11 is 0. The van der Waals surface area contributed by atoms with E-state index in [0.29, 0.717) is 25.3 Å². The van der Waals surface area contributed by atoms with E-state index in [9.17, 15) is 4.79 Å². The fourth-order valence-corrected chi connectivity index (χ4v) is 2.03.